The molecule has 0 amide bonds. The fourth-order valence-corrected chi connectivity index (χ4v) is 1.04. The Morgan fingerprint density at radius 3 is 2.60 bits per heavy atom. The standard InChI is InChI=1S/C10H15NO4/c1-5-14-8(12)7-6(2)11-9(15-7)10(3,4)13/h13H,5H2,1-4H3. The number of nitrogens with zero attached hydrogens (tertiary/aromatic N) is 1. The second kappa shape index (κ2) is 4.02. The van der Waals surface area contributed by atoms with Crippen LogP contribution in [0.3, 0.4) is 0 Å². The number of aryl methyl sites for hydroxylation is 1. The molecule has 1 rings (SSSR count). The molecule has 1 aromatic heterocycles. The Morgan fingerprint density at radius 1 is 1.60 bits per heavy atom. The Kier molecular flexibility index (Phi) is 3.14. The summed E-state index contributed by atoms with van der Waals surface area (Å²) in [5, 5.41) is 9.63. The minimum absolute atomic E-state index is 0.0500. The Balaban J connectivity index is 3.02. The zero-order valence-electron chi connectivity index (χ0n) is 9.33. The molecule has 5 nitrogen and oxygen atoms in total. The van der Waals surface area contributed by atoms with Gasteiger partial charge in [0.25, 0.3) is 0 Å². The monoisotopic (exact) mass is 213 g/mol. The molecule has 0 aromatic carbocycles. The van der Waals surface area contributed by atoms with Crippen LogP contribution in [0.1, 0.15) is 42.9 Å². The molecule has 0 fully saturated rings. The molecule has 1 aromatic rings. The number of aliphatic hydroxyl groups is 1. The Morgan fingerprint density at radius 2 is 2.20 bits per heavy atom. The number of hydrogen-bond donors (Lipinski definition) is 1. The molecule has 0 atom stereocenters. The molecule has 0 spiro atoms. The third kappa shape index (κ3) is 2.56. The number of carbonyl (C=O) groups is 1. The van der Waals surface area contributed by atoms with E-state index in [0.29, 0.717) is 5.69 Å². The zero-order valence-corrected chi connectivity index (χ0v) is 9.33. The molecule has 5 heteroatoms. The fourth-order valence-electron chi connectivity index (χ4n) is 1.04. The first kappa shape index (κ1) is 11.7. The normalized spacial score (nSPS) is 11.5. The van der Waals surface area contributed by atoms with E-state index in [-0.39, 0.29) is 18.3 Å². The van der Waals surface area contributed by atoms with Gasteiger partial charge in [-0.15, -0.1) is 0 Å². The summed E-state index contributed by atoms with van der Waals surface area (Å²) < 4.78 is 9.94. The lowest BCUT2D eigenvalue weighted by Crippen LogP contribution is -2.15. The first-order chi connectivity index (χ1) is 6.86. The van der Waals surface area contributed by atoms with Crippen LogP contribution in [0.15, 0.2) is 4.42 Å². The van der Waals surface area contributed by atoms with Crippen molar-refractivity contribution in [2.45, 2.75) is 33.3 Å². The molecule has 0 bridgehead atoms. The van der Waals surface area contributed by atoms with Crippen molar-refractivity contribution in [2.75, 3.05) is 6.61 Å². The smallest absolute Gasteiger partial charge is 0.376 e. The summed E-state index contributed by atoms with van der Waals surface area (Å²) in [7, 11) is 0. The van der Waals surface area contributed by atoms with Crippen LogP contribution in [0.25, 0.3) is 0 Å². The maximum Gasteiger partial charge on any atom is 0.376 e. The van der Waals surface area contributed by atoms with Gasteiger partial charge in [0.1, 0.15) is 5.60 Å². The molecule has 0 aliphatic heterocycles. The van der Waals surface area contributed by atoms with Crippen molar-refractivity contribution >= 4 is 5.97 Å². The quantitative estimate of drug-likeness (QED) is 0.768. The van der Waals surface area contributed by atoms with Gasteiger partial charge < -0.3 is 14.3 Å². The van der Waals surface area contributed by atoms with Crippen LogP contribution in [0.5, 0.6) is 0 Å². The molecule has 84 valence electrons. The number of hydrogen-bond acceptors (Lipinski definition) is 5. The highest BCUT2D eigenvalue weighted by Gasteiger charge is 2.27. The van der Waals surface area contributed by atoms with Crippen molar-refractivity contribution in [3.63, 3.8) is 0 Å². The zero-order chi connectivity index (χ0) is 11.6. The number of aromatic nitrogens is 1. The van der Waals surface area contributed by atoms with E-state index in [4.69, 9.17) is 9.15 Å². The van der Waals surface area contributed by atoms with Crippen molar-refractivity contribution in [1.29, 1.82) is 0 Å². The third-order valence-electron chi connectivity index (χ3n) is 1.78. The van der Waals surface area contributed by atoms with Gasteiger partial charge in [-0.05, 0) is 27.7 Å². The summed E-state index contributed by atoms with van der Waals surface area (Å²) in [6.07, 6.45) is 0. The van der Waals surface area contributed by atoms with Crippen molar-refractivity contribution < 1.29 is 19.1 Å². The topological polar surface area (TPSA) is 72.6 Å². The molecule has 0 saturated heterocycles. The van der Waals surface area contributed by atoms with Crippen molar-refractivity contribution in [2.24, 2.45) is 0 Å². The highest BCUT2D eigenvalue weighted by molar-refractivity contribution is 5.87. The van der Waals surface area contributed by atoms with E-state index < -0.39 is 11.6 Å². The van der Waals surface area contributed by atoms with E-state index >= 15 is 0 Å². The van der Waals surface area contributed by atoms with Gasteiger partial charge >= 0.3 is 5.97 Å². The molecule has 1 N–H and O–H groups in total. The van der Waals surface area contributed by atoms with Gasteiger partial charge in [0.2, 0.25) is 11.7 Å². The summed E-state index contributed by atoms with van der Waals surface area (Å²) >= 11 is 0. The molecular weight excluding hydrogens is 198 g/mol. The number of carbonyl (C=O) groups excluding carboxylic acids is 1. The Labute approximate surface area is 88.1 Å². The summed E-state index contributed by atoms with van der Waals surface area (Å²) in [5.41, 5.74) is -0.777. The van der Waals surface area contributed by atoms with Gasteiger partial charge in [-0.3, -0.25) is 0 Å². The Bertz CT molecular complexity index is 362. The highest BCUT2D eigenvalue weighted by Crippen LogP contribution is 2.22. The van der Waals surface area contributed by atoms with E-state index in [1.54, 1.807) is 13.8 Å². The minimum Gasteiger partial charge on any atom is -0.460 e. The predicted molar refractivity (Wildman–Crippen MR) is 52.4 cm³/mol. The predicted octanol–water partition coefficient (Wildman–Crippen LogP) is 1.39. The average Bonchev–Trinajstić information content (AvgIpc) is 2.47. The summed E-state index contributed by atoms with van der Waals surface area (Å²) in [5.74, 6) is -0.393. The molecule has 15 heavy (non-hydrogen) atoms. The second-order valence-corrected chi connectivity index (χ2v) is 3.71. The van der Waals surface area contributed by atoms with E-state index in [1.165, 1.54) is 13.8 Å². The van der Waals surface area contributed by atoms with Gasteiger partial charge in [0, 0.05) is 0 Å². The summed E-state index contributed by atoms with van der Waals surface area (Å²) in [6, 6.07) is 0. The minimum atomic E-state index is -1.20. The van der Waals surface area contributed by atoms with Gasteiger partial charge in [-0.1, -0.05) is 0 Å². The summed E-state index contributed by atoms with van der Waals surface area (Å²) in [6.45, 7) is 6.68. The van der Waals surface area contributed by atoms with Crippen molar-refractivity contribution in [1.82, 2.24) is 4.98 Å². The van der Waals surface area contributed by atoms with Gasteiger partial charge in [-0.25, -0.2) is 9.78 Å². The number of oxazole rings is 1. The van der Waals surface area contributed by atoms with Crippen LogP contribution in [-0.2, 0) is 10.3 Å². The van der Waals surface area contributed by atoms with Crippen molar-refractivity contribution in [3.8, 4) is 0 Å². The average molecular weight is 213 g/mol. The molecule has 0 aliphatic carbocycles. The lowest BCUT2D eigenvalue weighted by molar-refractivity contribution is 0.0386. The molecule has 0 unspecified atom stereocenters. The Hall–Kier alpha value is -1.36. The molecule has 0 saturated carbocycles. The maximum atomic E-state index is 11.4. The number of esters is 1. The van der Waals surface area contributed by atoms with Gasteiger partial charge in [0.05, 0.1) is 12.3 Å². The van der Waals surface area contributed by atoms with E-state index in [2.05, 4.69) is 4.98 Å². The van der Waals surface area contributed by atoms with Crippen LogP contribution in [0.2, 0.25) is 0 Å². The van der Waals surface area contributed by atoms with E-state index in [0.717, 1.165) is 0 Å². The lowest BCUT2D eigenvalue weighted by atomic mass is 10.1. The van der Waals surface area contributed by atoms with Crippen molar-refractivity contribution in [3.05, 3.63) is 17.3 Å². The second-order valence-electron chi connectivity index (χ2n) is 3.71. The largest absolute Gasteiger partial charge is 0.460 e. The first-order valence-electron chi connectivity index (χ1n) is 4.73. The van der Waals surface area contributed by atoms with Crippen LogP contribution in [0.4, 0.5) is 0 Å². The van der Waals surface area contributed by atoms with E-state index in [1.807, 2.05) is 0 Å². The van der Waals surface area contributed by atoms with Crippen LogP contribution < -0.4 is 0 Å². The highest BCUT2D eigenvalue weighted by atomic mass is 16.5. The van der Waals surface area contributed by atoms with Crippen LogP contribution >= 0.6 is 0 Å². The molecule has 0 radical (unpaired) electrons. The fraction of sp³-hybridized carbons (Fsp3) is 0.600. The van der Waals surface area contributed by atoms with Crippen LogP contribution in [-0.4, -0.2) is 22.7 Å². The van der Waals surface area contributed by atoms with E-state index in [9.17, 15) is 9.90 Å². The van der Waals surface area contributed by atoms with Gasteiger partial charge in [0.15, 0.2) is 0 Å². The van der Waals surface area contributed by atoms with Gasteiger partial charge in [-0.2, -0.15) is 0 Å². The third-order valence-corrected chi connectivity index (χ3v) is 1.78. The SMILES string of the molecule is CCOC(=O)c1oc(C(C)(C)O)nc1C. The lowest BCUT2D eigenvalue weighted by Gasteiger charge is -2.10. The summed E-state index contributed by atoms with van der Waals surface area (Å²) in [4.78, 5) is 15.3. The maximum absolute atomic E-state index is 11.4. The number of ether oxygens (including phenoxy) is 1. The first-order valence-corrected chi connectivity index (χ1v) is 4.73. The molecular formula is C10H15NO4. The molecule has 1 heterocycles. The number of rotatable bonds is 3. The molecule has 0 aliphatic rings. The van der Waals surface area contributed by atoms with Crippen LogP contribution in [0, 0.1) is 6.92 Å².